The first kappa shape index (κ1) is 24.4. The molecule has 4 rings (SSSR count). The van der Waals surface area contributed by atoms with Crippen LogP contribution in [0.4, 0.5) is 5.88 Å². The van der Waals surface area contributed by atoms with E-state index in [1.807, 2.05) is 49.4 Å². The lowest BCUT2D eigenvalue weighted by Gasteiger charge is -2.32. The van der Waals surface area contributed by atoms with Crippen LogP contribution in [0, 0.1) is 6.92 Å². The fraction of sp³-hybridized carbons (Fsp3) is 0.400. The largest absolute Gasteiger partial charge is 0.383 e. The van der Waals surface area contributed by atoms with Gasteiger partial charge in [0.05, 0.1) is 17.1 Å². The number of nitrogens with zero attached hydrogens (tertiary/aromatic N) is 4. The Morgan fingerprint density at radius 2 is 1.71 bits per heavy atom. The number of anilines is 1. The lowest BCUT2D eigenvalue weighted by atomic mass is 10.1. The van der Waals surface area contributed by atoms with Crippen LogP contribution in [-0.4, -0.2) is 76.3 Å². The molecule has 2 heterocycles. The molecule has 0 radical (unpaired) electrons. The second-order valence-corrected chi connectivity index (χ2v) is 10.6. The Kier molecular flexibility index (Phi) is 7.67. The predicted molar refractivity (Wildman–Crippen MR) is 132 cm³/mol. The van der Waals surface area contributed by atoms with Crippen molar-refractivity contribution in [1.82, 2.24) is 14.4 Å². The van der Waals surface area contributed by atoms with Crippen LogP contribution in [0.25, 0.3) is 11.3 Å². The fourth-order valence-electron chi connectivity index (χ4n) is 4.04. The van der Waals surface area contributed by atoms with E-state index in [4.69, 9.17) is 9.26 Å². The summed E-state index contributed by atoms with van der Waals surface area (Å²) in [7, 11) is -0.102. The average molecular weight is 485 g/mol. The Morgan fingerprint density at radius 3 is 2.35 bits per heavy atom. The van der Waals surface area contributed by atoms with Crippen molar-refractivity contribution in [3.8, 4) is 11.3 Å². The molecule has 0 saturated carbocycles. The lowest BCUT2D eigenvalue weighted by Crippen LogP contribution is -2.45. The number of aryl methyl sites for hydroxylation is 1. The number of hydrogen-bond acceptors (Lipinski definition) is 7. The molecule has 1 saturated heterocycles. The normalized spacial score (nSPS) is 15.2. The van der Waals surface area contributed by atoms with Gasteiger partial charge in [0.2, 0.25) is 15.9 Å². The fourth-order valence-corrected chi connectivity index (χ4v) is 5.43. The van der Waals surface area contributed by atoms with Gasteiger partial charge in [0.15, 0.2) is 0 Å². The molecule has 3 aromatic rings. The molecule has 1 aromatic heterocycles. The highest BCUT2D eigenvalue weighted by atomic mass is 32.2. The molecular formula is C25H32N4O4S. The molecule has 1 fully saturated rings. The second-order valence-electron chi connectivity index (χ2n) is 8.62. The highest BCUT2D eigenvalue weighted by molar-refractivity contribution is 7.89. The van der Waals surface area contributed by atoms with Crippen molar-refractivity contribution in [1.29, 1.82) is 0 Å². The minimum atomic E-state index is -3.76. The van der Waals surface area contributed by atoms with Crippen molar-refractivity contribution < 1.29 is 17.7 Å². The van der Waals surface area contributed by atoms with Crippen LogP contribution in [0.5, 0.6) is 0 Å². The third-order valence-corrected chi connectivity index (χ3v) is 8.00. The smallest absolute Gasteiger partial charge is 0.243 e. The summed E-state index contributed by atoms with van der Waals surface area (Å²) in [6.45, 7) is 5.94. The number of sulfonamides is 1. The van der Waals surface area contributed by atoms with Crippen molar-refractivity contribution in [3.63, 3.8) is 0 Å². The van der Waals surface area contributed by atoms with Gasteiger partial charge in [0, 0.05) is 51.9 Å². The first-order valence-electron chi connectivity index (χ1n) is 11.4. The molecule has 0 spiro atoms. The molecule has 34 heavy (non-hydrogen) atoms. The highest BCUT2D eigenvalue weighted by Gasteiger charge is 2.31. The summed E-state index contributed by atoms with van der Waals surface area (Å²) in [5.74, 6) is 0.633. The molecule has 0 N–H and O–H groups in total. The molecular weight excluding hydrogens is 452 g/mol. The van der Waals surface area contributed by atoms with Gasteiger partial charge in [-0.05, 0) is 26.1 Å². The Bertz CT molecular complexity index is 1170. The highest BCUT2D eigenvalue weighted by Crippen LogP contribution is 2.34. The summed E-state index contributed by atoms with van der Waals surface area (Å²) >= 11 is 0. The predicted octanol–water partition coefficient (Wildman–Crippen LogP) is 3.24. The molecule has 1 aliphatic heterocycles. The van der Waals surface area contributed by atoms with Crippen LogP contribution < -0.4 is 4.90 Å². The Morgan fingerprint density at radius 1 is 1.03 bits per heavy atom. The summed E-state index contributed by atoms with van der Waals surface area (Å²) in [6.07, 6.45) is 0. The maximum atomic E-state index is 13.7. The van der Waals surface area contributed by atoms with E-state index in [1.165, 1.54) is 4.31 Å². The summed E-state index contributed by atoms with van der Waals surface area (Å²) in [5, 5.41) is 4.40. The molecule has 0 amide bonds. The Hall–Kier alpha value is -2.72. The topological polar surface area (TPSA) is 79.1 Å². The number of methoxy groups -OCH3 is 1. The van der Waals surface area contributed by atoms with Gasteiger partial charge >= 0.3 is 0 Å². The van der Waals surface area contributed by atoms with E-state index >= 15 is 0 Å². The molecule has 182 valence electrons. The molecule has 1 aliphatic rings. The van der Waals surface area contributed by atoms with E-state index in [0.29, 0.717) is 11.6 Å². The van der Waals surface area contributed by atoms with Crippen molar-refractivity contribution in [2.24, 2.45) is 0 Å². The number of likely N-dealkylation sites (N-methyl/N-ethyl adjacent to an activating group) is 1. The lowest BCUT2D eigenvalue weighted by molar-refractivity contribution is 0.177. The molecule has 0 aliphatic carbocycles. The summed E-state index contributed by atoms with van der Waals surface area (Å²) in [6, 6.07) is 16.7. The zero-order chi connectivity index (χ0) is 24.1. The summed E-state index contributed by atoms with van der Waals surface area (Å²) < 4.78 is 39.9. The van der Waals surface area contributed by atoms with Crippen molar-refractivity contribution in [2.75, 3.05) is 58.4 Å². The number of piperazine rings is 1. The second kappa shape index (κ2) is 10.7. The number of aromatic nitrogens is 1. The average Bonchev–Trinajstić information content (AvgIpc) is 3.26. The van der Waals surface area contributed by atoms with Crippen LogP contribution in [0.1, 0.15) is 11.1 Å². The van der Waals surface area contributed by atoms with E-state index in [9.17, 15) is 8.42 Å². The number of rotatable bonds is 9. The molecule has 0 unspecified atom stereocenters. The molecule has 0 atom stereocenters. The van der Waals surface area contributed by atoms with Crippen LogP contribution in [0.3, 0.4) is 0 Å². The van der Waals surface area contributed by atoms with Gasteiger partial charge in [-0.15, -0.1) is 0 Å². The van der Waals surface area contributed by atoms with Gasteiger partial charge in [0.25, 0.3) is 0 Å². The van der Waals surface area contributed by atoms with E-state index < -0.39 is 10.0 Å². The molecule has 9 heteroatoms. The van der Waals surface area contributed by atoms with Crippen molar-refractivity contribution in [2.45, 2.75) is 18.4 Å². The van der Waals surface area contributed by atoms with Crippen LogP contribution in [0.2, 0.25) is 0 Å². The van der Waals surface area contributed by atoms with Gasteiger partial charge in [-0.2, -0.15) is 4.31 Å². The zero-order valence-electron chi connectivity index (χ0n) is 20.0. The maximum Gasteiger partial charge on any atom is 0.243 e. The number of ether oxygens (including phenoxy) is 1. The Labute approximate surface area is 201 Å². The van der Waals surface area contributed by atoms with E-state index in [1.54, 1.807) is 19.2 Å². The van der Waals surface area contributed by atoms with Crippen molar-refractivity contribution in [3.05, 3.63) is 65.7 Å². The van der Waals surface area contributed by atoms with Crippen molar-refractivity contribution >= 4 is 15.9 Å². The molecule has 2 aromatic carbocycles. The summed E-state index contributed by atoms with van der Waals surface area (Å²) in [4.78, 5) is 4.67. The quantitative estimate of drug-likeness (QED) is 0.461. The van der Waals surface area contributed by atoms with Gasteiger partial charge < -0.3 is 19.1 Å². The van der Waals surface area contributed by atoms with E-state index in [-0.39, 0.29) is 24.6 Å². The SMILES string of the molecule is COCCN(Cc1c(-c2ccccc2)noc1N1CCN(C)CC1)S(=O)(=O)c1ccc(C)cc1. The summed E-state index contributed by atoms with van der Waals surface area (Å²) in [5.41, 5.74) is 3.32. The van der Waals surface area contributed by atoms with Gasteiger partial charge in [0.1, 0.15) is 5.69 Å². The Balaban J connectivity index is 1.75. The number of benzene rings is 2. The molecule has 8 nitrogen and oxygen atoms in total. The third-order valence-electron chi connectivity index (χ3n) is 6.14. The first-order chi connectivity index (χ1) is 16.4. The van der Waals surface area contributed by atoms with E-state index in [2.05, 4.69) is 22.0 Å². The number of hydrogen-bond donors (Lipinski definition) is 0. The van der Waals surface area contributed by atoms with Gasteiger partial charge in [-0.1, -0.05) is 53.2 Å². The van der Waals surface area contributed by atoms with Gasteiger partial charge in [-0.25, -0.2) is 8.42 Å². The van der Waals surface area contributed by atoms with Crippen LogP contribution in [0.15, 0.2) is 64.0 Å². The minimum absolute atomic E-state index is 0.134. The van der Waals surface area contributed by atoms with Crippen LogP contribution in [-0.2, 0) is 21.3 Å². The minimum Gasteiger partial charge on any atom is -0.383 e. The molecule has 0 bridgehead atoms. The maximum absolute atomic E-state index is 13.7. The van der Waals surface area contributed by atoms with Crippen LogP contribution >= 0.6 is 0 Å². The first-order valence-corrected chi connectivity index (χ1v) is 12.9. The zero-order valence-corrected chi connectivity index (χ0v) is 20.8. The monoisotopic (exact) mass is 484 g/mol. The van der Waals surface area contributed by atoms with E-state index in [0.717, 1.165) is 42.9 Å². The third kappa shape index (κ3) is 5.33. The standard InChI is InChI=1S/C25H32N4O4S/c1-20-9-11-22(12-10-20)34(30,31)29(17-18-32-3)19-23-24(21-7-5-4-6-8-21)26-33-25(23)28-15-13-27(2)14-16-28/h4-12H,13-19H2,1-3H3. The van der Waals surface area contributed by atoms with Gasteiger partial charge in [-0.3, -0.25) is 0 Å².